The highest BCUT2D eigenvalue weighted by molar-refractivity contribution is 6.33. The first-order valence-corrected chi connectivity index (χ1v) is 9.73. The summed E-state index contributed by atoms with van der Waals surface area (Å²) in [5, 5.41) is 0.622. The zero-order chi connectivity index (χ0) is 19.6. The van der Waals surface area contributed by atoms with Crippen molar-refractivity contribution in [3.63, 3.8) is 0 Å². The third-order valence-electron chi connectivity index (χ3n) is 5.15. The van der Waals surface area contributed by atoms with Gasteiger partial charge in [-0.1, -0.05) is 11.6 Å². The van der Waals surface area contributed by atoms with Crippen LogP contribution in [0.25, 0.3) is 0 Å². The number of fused-ring (bicyclic) bond motifs is 1. The number of rotatable bonds is 5. The number of Topliss-reactive ketones (excluding diaryl/α,β-unsaturated/α-hetero) is 1. The minimum atomic E-state index is 0.254. The number of carbonyl (C=O) groups excluding carboxylic acids is 1. The van der Waals surface area contributed by atoms with E-state index in [1.165, 1.54) is 0 Å². The standard InChI is InChI=1S/C22H26ClN3O/c1-5-25(3)14-24-20-11-15(2)21(13-19(20)23)26(4)17-9-10-18-16(12-17)7-6-8-22(18)27/h9-14H,5-8H2,1-4H3. The number of hydrogen-bond donors (Lipinski definition) is 0. The molecular formula is C22H26ClN3O. The number of benzene rings is 2. The van der Waals surface area contributed by atoms with Crippen LogP contribution in [0.4, 0.5) is 17.1 Å². The molecular weight excluding hydrogens is 358 g/mol. The van der Waals surface area contributed by atoms with Crippen molar-refractivity contribution in [2.24, 2.45) is 4.99 Å². The molecule has 0 unspecified atom stereocenters. The molecule has 1 aliphatic rings. The zero-order valence-corrected chi connectivity index (χ0v) is 17.2. The summed E-state index contributed by atoms with van der Waals surface area (Å²) in [6, 6.07) is 10.1. The minimum Gasteiger partial charge on any atom is -0.366 e. The first-order valence-electron chi connectivity index (χ1n) is 9.35. The summed E-state index contributed by atoms with van der Waals surface area (Å²) >= 11 is 6.49. The first kappa shape index (κ1) is 19.4. The van der Waals surface area contributed by atoms with E-state index in [1.54, 1.807) is 6.34 Å². The average Bonchev–Trinajstić information content (AvgIpc) is 2.67. The number of hydrogen-bond acceptors (Lipinski definition) is 3. The van der Waals surface area contributed by atoms with Crippen molar-refractivity contribution in [2.45, 2.75) is 33.1 Å². The van der Waals surface area contributed by atoms with Crippen molar-refractivity contribution in [1.29, 1.82) is 0 Å². The monoisotopic (exact) mass is 383 g/mol. The van der Waals surface area contributed by atoms with Crippen LogP contribution in [0.2, 0.25) is 5.02 Å². The Labute approximate surface area is 166 Å². The Balaban J connectivity index is 1.91. The third-order valence-corrected chi connectivity index (χ3v) is 5.45. The van der Waals surface area contributed by atoms with Crippen LogP contribution in [-0.2, 0) is 6.42 Å². The topological polar surface area (TPSA) is 35.9 Å². The lowest BCUT2D eigenvalue weighted by Gasteiger charge is -2.24. The third kappa shape index (κ3) is 4.16. The number of anilines is 2. The van der Waals surface area contributed by atoms with Crippen molar-refractivity contribution >= 4 is 40.8 Å². The van der Waals surface area contributed by atoms with Crippen LogP contribution in [-0.4, -0.2) is 37.7 Å². The van der Waals surface area contributed by atoms with E-state index in [-0.39, 0.29) is 5.78 Å². The van der Waals surface area contributed by atoms with Crippen LogP contribution in [0.1, 0.15) is 41.3 Å². The molecule has 0 aromatic heterocycles. The van der Waals surface area contributed by atoms with Crippen LogP contribution < -0.4 is 4.90 Å². The van der Waals surface area contributed by atoms with Gasteiger partial charge in [-0.05, 0) is 68.1 Å². The van der Waals surface area contributed by atoms with Gasteiger partial charge in [-0.3, -0.25) is 4.79 Å². The Kier molecular flexibility index (Phi) is 5.85. The second kappa shape index (κ2) is 8.13. The number of halogens is 1. The van der Waals surface area contributed by atoms with Gasteiger partial charge in [-0.2, -0.15) is 0 Å². The molecule has 0 atom stereocenters. The Morgan fingerprint density at radius 2 is 1.96 bits per heavy atom. The van der Waals surface area contributed by atoms with E-state index in [2.05, 4.69) is 29.8 Å². The van der Waals surface area contributed by atoms with Crippen molar-refractivity contribution in [2.75, 3.05) is 25.5 Å². The number of carbonyl (C=O) groups is 1. The summed E-state index contributed by atoms with van der Waals surface area (Å²) in [6.07, 6.45) is 4.35. The molecule has 0 saturated carbocycles. The van der Waals surface area contributed by atoms with Crippen LogP contribution in [0.15, 0.2) is 35.3 Å². The zero-order valence-electron chi connectivity index (χ0n) is 16.4. The molecule has 0 aliphatic heterocycles. The molecule has 5 heteroatoms. The summed E-state index contributed by atoms with van der Waals surface area (Å²) in [7, 11) is 4.01. The maximum atomic E-state index is 12.1. The van der Waals surface area contributed by atoms with E-state index in [9.17, 15) is 4.79 Å². The fourth-order valence-corrected chi connectivity index (χ4v) is 3.55. The van der Waals surface area contributed by atoms with Crippen LogP contribution >= 0.6 is 11.6 Å². The molecule has 1 aliphatic carbocycles. The molecule has 2 aromatic rings. The molecule has 2 aromatic carbocycles. The average molecular weight is 384 g/mol. The highest BCUT2D eigenvalue weighted by Gasteiger charge is 2.19. The molecule has 0 amide bonds. The second-order valence-corrected chi connectivity index (χ2v) is 7.49. The molecule has 0 saturated heterocycles. The number of aliphatic imine (C=N–C) groups is 1. The van der Waals surface area contributed by atoms with Gasteiger partial charge in [0.1, 0.15) is 0 Å². The van der Waals surface area contributed by atoms with E-state index in [0.717, 1.165) is 53.1 Å². The molecule has 27 heavy (non-hydrogen) atoms. The van der Waals surface area contributed by atoms with Crippen molar-refractivity contribution in [3.05, 3.63) is 52.0 Å². The summed E-state index contributed by atoms with van der Waals surface area (Å²) < 4.78 is 0. The van der Waals surface area contributed by atoms with Gasteiger partial charge in [0, 0.05) is 44.0 Å². The van der Waals surface area contributed by atoms with Crippen molar-refractivity contribution in [3.8, 4) is 0 Å². The van der Waals surface area contributed by atoms with E-state index >= 15 is 0 Å². The quantitative estimate of drug-likeness (QED) is 0.501. The van der Waals surface area contributed by atoms with Crippen LogP contribution in [0.5, 0.6) is 0 Å². The van der Waals surface area contributed by atoms with Crippen molar-refractivity contribution < 1.29 is 4.79 Å². The summed E-state index contributed by atoms with van der Waals surface area (Å²) in [5.74, 6) is 0.254. The van der Waals surface area contributed by atoms with Gasteiger partial charge in [0.05, 0.1) is 17.0 Å². The molecule has 4 nitrogen and oxygen atoms in total. The van der Waals surface area contributed by atoms with Crippen LogP contribution in [0, 0.1) is 6.92 Å². The smallest absolute Gasteiger partial charge is 0.163 e. The lowest BCUT2D eigenvalue weighted by molar-refractivity contribution is 0.0972. The molecule has 0 heterocycles. The van der Waals surface area contributed by atoms with Gasteiger partial charge in [-0.15, -0.1) is 0 Å². The first-order chi connectivity index (χ1) is 12.9. The Bertz CT molecular complexity index is 891. The van der Waals surface area contributed by atoms with Gasteiger partial charge >= 0.3 is 0 Å². The van der Waals surface area contributed by atoms with Gasteiger partial charge in [0.15, 0.2) is 5.78 Å². The minimum absolute atomic E-state index is 0.254. The van der Waals surface area contributed by atoms with Gasteiger partial charge in [-0.25, -0.2) is 4.99 Å². The highest BCUT2D eigenvalue weighted by Crippen LogP contribution is 2.36. The molecule has 0 fully saturated rings. The summed E-state index contributed by atoms with van der Waals surface area (Å²) in [5.41, 5.74) is 5.97. The fourth-order valence-electron chi connectivity index (χ4n) is 3.34. The molecule has 0 radical (unpaired) electrons. The maximum absolute atomic E-state index is 12.1. The van der Waals surface area contributed by atoms with Crippen molar-refractivity contribution in [1.82, 2.24) is 4.90 Å². The summed E-state index contributed by atoms with van der Waals surface area (Å²) in [6.45, 7) is 5.03. The lowest BCUT2D eigenvalue weighted by Crippen LogP contribution is -2.15. The van der Waals surface area contributed by atoms with E-state index in [4.69, 9.17) is 11.6 Å². The van der Waals surface area contributed by atoms with Gasteiger partial charge in [0.2, 0.25) is 0 Å². The molecule has 142 valence electrons. The SMILES string of the molecule is CCN(C)C=Nc1cc(C)c(N(C)c2ccc3c(c2)CCCC3=O)cc1Cl. The van der Waals surface area contributed by atoms with Gasteiger partial charge in [0.25, 0.3) is 0 Å². The number of aryl methyl sites for hydroxylation is 2. The van der Waals surface area contributed by atoms with E-state index in [0.29, 0.717) is 11.4 Å². The number of ketones is 1. The van der Waals surface area contributed by atoms with Gasteiger partial charge < -0.3 is 9.80 Å². The predicted molar refractivity (Wildman–Crippen MR) is 114 cm³/mol. The Morgan fingerprint density at radius 1 is 1.19 bits per heavy atom. The fraction of sp³-hybridized carbons (Fsp3) is 0.364. The predicted octanol–water partition coefficient (Wildman–Crippen LogP) is 5.55. The maximum Gasteiger partial charge on any atom is 0.163 e. The molecule has 0 bridgehead atoms. The molecule has 0 N–H and O–H groups in total. The molecule has 3 rings (SSSR count). The lowest BCUT2D eigenvalue weighted by atomic mass is 9.90. The van der Waals surface area contributed by atoms with E-state index in [1.807, 2.05) is 43.3 Å². The van der Waals surface area contributed by atoms with E-state index < -0.39 is 0 Å². The number of nitrogens with zero attached hydrogens (tertiary/aromatic N) is 3. The Morgan fingerprint density at radius 3 is 2.70 bits per heavy atom. The highest BCUT2D eigenvalue weighted by atomic mass is 35.5. The molecule has 0 spiro atoms. The van der Waals surface area contributed by atoms with Crippen LogP contribution in [0.3, 0.4) is 0 Å². The second-order valence-electron chi connectivity index (χ2n) is 7.09. The normalized spacial score (nSPS) is 13.7. The Hall–Kier alpha value is -2.33. The largest absolute Gasteiger partial charge is 0.366 e. The summed E-state index contributed by atoms with van der Waals surface area (Å²) in [4.78, 5) is 20.7.